The van der Waals surface area contributed by atoms with Gasteiger partial charge in [0.25, 0.3) is 5.91 Å². The molecule has 2 aliphatic rings. The van der Waals surface area contributed by atoms with Gasteiger partial charge in [-0.15, -0.1) is 0 Å². The molecule has 33 heavy (non-hydrogen) atoms. The van der Waals surface area contributed by atoms with E-state index in [4.69, 9.17) is 4.74 Å². The molecule has 4 rings (SSSR count). The lowest BCUT2D eigenvalue weighted by atomic mass is 9.80. The zero-order chi connectivity index (χ0) is 23.5. The molecule has 2 aromatic rings. The van der Waals surface area contributed by atoms with E-state index in [1.807, 2.05) is 36.1 Å². The number of ether oxygens (including phenoxy) is 1. The minimum absolute atomic E-state index is 0.000359. The number of amides is 2. The van der Waals surface area contributed by atoms with Gasteiger partial charge in [-0.05, 0) is 56.0 Å². The summed E-state index contributed by atoms with van der Waals surface area (Å²) in [7, 11) is 0. The van der Waals surface area contributed by atoms with Crippen molar-refractivity contribution >= 4 is 23.5 Å². The molecular formula is C25H33N5O3. The van der Waals surface area contributed by atoms with Crippen molar-refractivity contribution in [2.45, 2.75) is 65.1 Å². The standard InChI is InChI=1S/C25H33N5O3/c1-5-21-16(3)23(29-25-26-11-8-15(2)27-25)20-14-18(6-7-22(20)30(21)17(4)31)24(32)28-19-9-12-33-13-10-19/h6-8,11,14,16,19,21,23H,5,9-10,12-13H2,1-4H3,(H,28,32)(H,26,27,29). The van der Waals surface area contributed by atoms with Crippen LogP contribution in [0.2, 0.25) is 0 Å². The molecule has 0 saturated carbocycles. The Bertz CT molecular complexity index is 1020. The van der Waals surface area contributed by atoms with E-state index in [1.54, 1.807) is 13.1 Å². The van der Waals surface area contributed by atoms with Gasteiger partial charge in [-0.25, -0.2) is 9.97 Å². The highest BCUT2D eigenvalue weighted by molar-refractivity contribution is 5.98. The number of nitrogens with zero attached hydrogens (tertiary/aromatic N) is 3. The lowest BCUT2D eigenvalue weighted by molar-refractivity contribution is -0.117. The summed E-state index contributed by atoms with van der Waals surface area (Å²) in [5, 5.41) is 6.63. The van der Waals surface area contributed by atoms with Crippen LogP contribution >= 0.6 is 0 Å². The molecule has 8 heteroatoms. The van der Waals surface area contributed by atoms with Crippen molar-refractivity contribution in [3.63, 3.8) is 0 Å². The number of benzene rings is 1. The Hall–Kier alpha value is -3.00. The van der Waals surface area contributed by atoms with Gasteiger partial charge >= 0.3 is 0 Å². The first kappa shape index (κ1) is 23.2. The van der Waals surface area contributed by atoms with Crippen LogP contribution in [0.25, 0.3) is 0 Å². The smallest absolute Gasteiger partial charge is 0.251 e. The lowest BCUT2D eigenvalue weighted by Gasteiger charge is -2.45. The van der Waals surface area contributed by atoms with Crippen molar-refractivity contribution in [1.29, 1.82) is 0 Å². The summed E-state index contributed by atoms with van der Waals surface area (Å²) in [6.07, 6.45) is 4.19. The maximum atomic E-state index is 13.0. The van der Waals surface area contributed by atoms with Crippen LogP contribution in [0.15, 0.2) is 30.5 Å². The van der Waals surface area contributed by atoms with Crippen molar-refractivity contribution in [3.8, 4) is 0 Å². The van der Waals surface area contributed by atoms with Crippen LogP contribution in [-0.2, 0) is 9.53 Å². The van der Waals surface area contributed by atoms with Crippen molar-refractivity contribution < 1.29 is 14.3 Å². The fraction of sp³-hybridized carbons (Fsp3) is 0.520. The Morgan fingerprint density at radius 3 is 2.64 bits per heavy atom. The molecule has 1 saturated heterocycles. The number of anilines is 2. The molecule has 8 nitrogen and oxygen atoms in total. The third kappa shape index (κ3) is 4.85. The maximum absolute atomic E-state index is 13.0. The molecule has 3 unspecified atom stereocenters. The van der Waals surface area contributed by atoms with Gasteiger partial charge in [0.1, 0.15) is 0 Å². The predicted molar refractivity (Wildman–Crippen MR) is 127 cm³/mol. The van der Waals surface area contributed by atoms with Gasteiger partial charge in [0, 0.05) is 61.3 Å². The number of aryl methyl sites for hydroxylation is 1. The van der Waals surface area contributed by atoms with Crippen molar-refractivity contribution in [2.24, 2.45) is 5.92 Å². The van der Waals surface area contributed by atoms with E-state index < -0.39 is 0 Å². The van der Waals surface area contributed by atoms with Crippen LogP contribution in [0.1, 0.15) is 67.7 Å². The Kier molecular flexibility index (Phi) is 6.93. The maximum Gasteiger partial charge on any atom is 0.251 e. The van der Waals surface area contributed by atoms with Gasteiger partial charge < -0.3 is 20.3 Å². The SMILES string of the molecule is CCC1C(C)C(Nc2nccc(C)n2)c2cc(C(=O)NC3CCOCC3)ccc2N1C(C)=O. The topological polar surface area (TPSA) is 96.4 Å². The number of hydrogen-bond acceptors (Lipinski definition) is 6. The van der Waals surface area contributed by atoms with Crippen molar-refractivity contribution in [1.82, 2.24) is 15.3 Å². The summed E-state index contributed by atoms with van der Waals surface area (Å²) in [5.41, 5.74) is 3.20. The van der Waals surface area contributed by atoms with Crippen LogP contribution in [0.4, 0.5) is 11.6 Å². The fourth-order valence-corrected chi connectivity index (χ4v) is 5.02. The number of nitrogens with one attached hydrogen (secondary N) is 2. The van der Waals surface area contributed by atoms with Crippen LogP contribution in [-0.4, -0.2) is 47.1 Å². The third-order valence-corrected chi connectivity index (χ3v) is 6.74. The Morgan fingerprint density at radius 2 is 1.97 bits per heavy atom. The zero-order valence-electron chi connectivity index (χ0n) is 19.8. The molecular weight excluding hydrogens is 418 g/mol. The first-order valence-electron chi connectivity index (χ1n) is 11.8. The van der Waals surface area contributed by atoms with Gasteiger partial charge in [-0.2, -0.15) is 0 Å². The largest absolute Gasteiger partial charge is 0.381 e. The minimum Gasteiger partial charge on any atom is -0.381 e. The van der Waals surface area contributed by atoms with E-state index in [2.05, 4.69) is 34.4 Å². The molecule has 1 aromatic carbocycles. The molecule has 0 spiro atoms. The summed E-state index contributed by atoms with van der Waals surface area (Å²) in [4.78, 5) is 36.5. The van der Waals surface area contributed by atoms with E-state index in [1.165, 1.54) is 0 Å². The van der Waals surface area contributed by atoms with Crippen LogP contribution in [0.3, 0.4) is 0 Å². The quantitative estimate of drug-likeness (QED) is 0.721. The number of carbonyl (C=O) groups is 2. The van der Waals surface area contributed by atoms with E-state index >= 15 is 0 Å². The number of rotatable bonds is 5. The molecule has 3 heterocycles. The van der Waals surface area contributed by atoms with E-state index in [-0.39, 0.29) is 35.9 Å². The van der Waals surface area contributed by atoms with Crippen molar-refractivity contribution in [2.75, 3.05) is 23.4 Å². The highest BCUT2D eigenvalue weighted by Gasteiger charge is 2.40. The summed E-state index contributed by atoms with van der Waals surface area (Å²) < 4.78 is 5.40. The van der Waals surface area contributed by atoms with Crippen LogP contribution in [0, 0.1) is 12.8 Å². The summed E-state index contributed by atoms with van der Waals surface area (Å²) >= 11 is 0. The van der Waals surface area contributed by atoms with E-state index in [0.717, 1.165) is 36.2 Å². The second kappa shape index (κ2) is 9.87. The average Bonchev–Trinajstić information content (AvgIpc) is 2.80. The van der Waals surface area contributed by atoms with E-state index in [0.29, 0.717) is 24.7 Å². The van der Waals surface area contributed by atoms with Gasteiger partial charge in [-0.1, -0.05) is 13.8 Å². The van der Waals surface area contributed by atoms with Gasteiger partial charge in [0.05, 0.1) is 6.04 Å². The minimum atomic E-state index is -0.141. The van der Waals surface area contributed by atoms with Crippen LogP contribution < -0.4 is 15.5 Å². The summed E-state index contributed by atoms with van der Waals surface area (Å²) in [5.74, 6) is 0.528. The number of carbonyl (C=O) groups excluding carboxylic acids is 2. The third-order valence-electron chi connectivity index (χ3n) is 6.74. The highest BCUT2D eigenvalue weighted by atomic mass is 16.5. The Labute approximate surface area is 195 Å². The second-order valence-electron chi connectivity index (χ2n) is 9.00. The first-order chi connectivity index (χ1) is 15.9. The second-order valence-corrected chi connectivity index (χ2v) is 9.00. The number of hydrogen-bond donors (Lipinski definition) is 2. The molecule has 0 radical (unpaired) electrons. The molecule has 176 valence electrons. The number of aromatic nitrogens is 2. The lowest BCUT2D eigenvalue weighted by Crippen LogP contribution is -2.50. The molecule has 1 fully saturated rings. The fourth-order valence-electron chi connectivity index (χ4n) is 5.02. The van der Waals surface area contributed by atoms with Gasteiger partial charge in [0.2, 0.25) is 11.9 Å². The molecule has 2 N–H and O–H groups in total. The Balaban J connectivity index is 1.71. The zero-order valence-corrected chi connectivity index (χ0v) is 19.8. The summed E-state index contributed by atoms with van der Waals surface area (Å²) in [6, 6.07) is 7.48. The van der Waals surface area contributed by atoms with Gasteiger partial charge in [0.15, 0.2) is 0 Å². The van der Waals surface area contributed by atoms with Crippen molar-refractivity contribution in [3.05, 3.63) is 47.3 Å². The monoisotopic (exact) mass is 451 g/mol. The first-order valence-corrected chi connectivity index (χ1v) is 11.8. The normalized spacial score (nSPS) is 23.0. The Morgan fingerprint density at radius 1 is 1.21 bits per heavy atom. The molecule has 3 atom stereocenters. The predicted octanol–water partition coefficient (Wildman–Crippen LogP) is 3.63. The molecule has 0 aliphatic carbocycles. The van der Waals surface area contributed by atoms with Crippen LogP contribution in [0.5, 0.6) is 0 Å². The molecule has 0 bridgehead atoms. The summed E-state index contributed by atoms with van der Waals surface area (Å²) in [6.45, 7) is 9.09. The molecule has 2 aliphatic heterocycles. The average molecular weight is 452 g/mol. The molecule has 2 amide bonds. The highest BCUT2D eigenvalue weighted by Crippen LogP contribution is 2.43. The number of fused-ring (bicyclic) bond motifs is 1. The van der Waals surface area contributed by atoms with Gasteiger partial charge in [-0.3, -0.25) is 9.59 Å². The molecule has 1 aromatic heterocycles. The van der Waals surface area contributed by atoms with E-state index in [9.17, 15) is 9.59 Å².